The zero-order valence-corrected chi connectivity index (χ0v) is 15.1. The van der Waals surface area contributed by atoms with Gasteiger partial charge in [-0.3, -0.25) is 9.98 Å². The van der Waals surface area contributed by atoms with E-state index in [0.717, 1.165) is 24.2 Å². The molecule has 4 nitrogen and oxygen atoms in total. The van der Waals surface area contributed by atoms with E-state index in [-0.39, 0.29) is 36.1 Å². The average Bonchev–Trinajstić information content (AvgIpc) is 2.54. The largest absolute Gasteiger partial charge is 0.356 e. The number of nitrogens with zero attached hydrogens (tertiary/aromatic N) is 2. The molecule has 23 heavy (non-hydrogen) atoms. The third-order valence-electron chi connectivity index (χ3n) is 3.08. The van der Waals surface area contributed by atoms with Crippen molar-refractivity contribution >= 4 is 29.9 Å². The molecule has 0 aliphatic carbocycles. The van der Waals surface area contributed by atoms with Crippen molar-refractivity contribution < 1.29 is 8.78 Å². The third-order valence-corrected chi connectivity index (χ3v) is 3.08. The second kappa shape index (κ2) is 10.1. The van der Waals surface area contributed by atoms with Gasteiger partial charge < -0.3 is 10.6 Å². The van der Waals surface area contributed by atoms with Gasteiger partial charge in [-0.25, -0.2) is 8.78 Å². The van der Waals surface area contributed by atoms with Crippen LogP contribution in [0.15, 0.2) is 47.6 Å². The third kappa shape index (κ3) is 6.47. The van der Waals surface area contributed by atoms with Gasteiger partial charge in [0, 0.05) is 44.0 Å². The number of aliphatic imine (C=N–C) groups is 1. The van der Waals surface area contributed by atoms with Crippen LogP contribution in [0.4, 0.5) is 8.78 Å². The van der Waals surface area contributed by atoms with Crippen molar-refractivity contribution in [2.45, 2.75) is 13.0 Å². The van der Waals surface area contributed by atoms with Gasteiger partial charge in [-0.15, -0.1) is 24.0 Å². The highest BCUT2D eigenvalue weighted by molar-refractivity contribution is 14.0. The van der Waals surface area contributed by atoms with E-state index in [4.69, 9.17) is 0 Å². The van der Waals surface area contributed by atoms with E-state index in [0.29, 0.717) is 12.5 Å². The molecule has 0 amide bonds. The smallest absolute Gasteiger partial charge is 0.191 e. The van der Waals surface area contributed by atoms with Crippen LogP contribution in [0.2, 0.25) is 0 Å². The summed E-state index contributed by atoms with van der Waals surface area (Å²) in [5.41, 5.74) is 1.23. The molecule has 0 saturated carbocycles. The fourth-order valence-electron chi connectivity index (χ4n) is 1.93. The van der Waals surface area contributed by atoms with Crippen LogP contribution in [-0.2, 0) is 13.0 Å². The summed E-state index contributed by atoms with van der Waals surface area (Å²) < 4.78 is 26.6. The molecule has 0 aliphatic rings. The van der Waals surface area contributed by atoms with Crippen LogP contribution < -0.4 is 10.6 Å². The molecule has 0 radical (unpaired) electrons. The summed E-state index contributed by atoms with van der Waals surface area (Å²) in [6, 6.07) is 9.12. The Morgan fingerprint density at radius 3 is 2.70 bits per heavy atom. The van der Waals surface area contributed by atoms with Crippen LogP contribution in [0.5, 0.6) is 0 Å². The maximum atomic E-state index is 13.5. The highest BCUT2D eigenvalue weighted by Crippen LogP contribution is 2.09. The Hall–Kier alpha value is -1.77. The average molecular weight is 432 g/mol. The van der Waals surface area contributed by atoms with E-state index < -0.39 is 11.6 Å². The minimum atomic E-state index is -0.462. The lowest BCUT2D eigenvalue weighted by atomic mass is 10.2. The van der Waals surface area contributed by atoms with E-state index in [1.807, 2.05) is 18.2 Å². The Balaban J connectivity index is 0.00000264. The fraction of sp³-hybridized carbons (Fsp3) is 0.250. The SMILES string of the molecule is CN=C(NCCc1ccccn1)NCc1cc(F)ccc1F.I. The molecule has 0 spiro atoms. The molecule has 0 fully saturated rings. The topological polar surface area (TPSA) is 49.3 Å². The number of benzene rings is 1. The number of hydrogen-bond acceptors (Lipinski definition) is 2. The first kappa shape index (κ1) is 19.3. The van der Waals surface area contributed by atoms with Gasteiger partial charge in [0.15, 0.2) is 5.96 Å². The maximum Gasteiger partial charge on any atom is 0.191 e. The Labute approximate surface area is 151 Å². The predicted octanol–water partition coefficient (Wildman–Crippen LogP) is 2.89. The van der Waals surface area contributed by atoms with Gasteiger partial charge in [0.25, 0.3) is 0 Å². The molecular formula is C16H19F2IN4. The van der Waals surface area contributed by atoms with Crippen molar-refractivity contribution in [3.63, 3.8) is 0 Å². The first-order valence-electron chi connectivity index (χ1n) is 6.97. The molecule has 0 aliphatic heterocycles. The second-order valence-electron chi connectivity index (χ2n) is 4.66. The minimum Gasteiger partial charge on any atom is -0.356 e. The molecule has 2 N–H and O–H groups in total. The summed E-state index contributed by atoms with van der Waals surface area (Å²) >= 11 is 0. The molecule has 0 atom stereocenters. The normalized spacial score (nSPS) is 10.8. The zero-order chi connectivity index (χ0) is 15.8. The first-order valence-corrected chi connectivity index (χ1v) is 6.97. The standard InChI is InChI=1S/C16H18F2N4.HI/c1-19-16(21-9-7-14-4-2-3-8-20-14)22-11-12-10-13(17)5-6-15(12)18;/h2-6,8,10H,7,9,11H2,1H3,(H2,19,21,22);1H. The molecular weight excluding hydrogens is 413 g/mol. The van der Waals surface area contributed by atoms with E-state index in [1.165, 1.54) is 6.07 Å². The van der Waals surface area contributed by atoms with Gasteiger partial charge >= 0.3 is 0 Å². The summed E-state index contributed by atoms with van der Waals surface area (Å²) in [7, 11) is 1.62. The number of pyridine rings is 1. The number of aromatic nitrogens is 1. The molecule has 2 aromatic rings. The molecule has 1 heterocycles. The van der Waals surface area contributed by atoms with Gasteiger partial charge in [-0.1, -0.05) is 6.07 Å². The van der Waals surface area contributed by atoms with Gasteiger partial charge in [0.1, 0.15) is 11.6 Å². The Morgan fingerprint density at radius 1 is 1.17 bits per heavy atom. The lowest BCUT2D eigenvalue weighted by Crippen LogP contribution is -2.38. The molecule has 124 valence electrons. The van der Waals surface area contributed by atoms with Gasteiger partial charge in [-0.05, 0) is 30.3 Å². The number of rotatable bonds is 5. The molecule has 0 unspecified atom stereocenters. The van der Waals surface area contributed by atoms with Crippen molar-refractivity contribution in [2.75, 3.05) is 13.6 Å². The molecule has 1 aromatic heterocycles. The van der Waals surface area contributed by atoms with Crippen LogP contribution in [-0.4, -0.2) is 24.5 Å². The molecule has 0 bridgehead atoms. The quantitative estimate of drug-likeness (QED) is 0.434. The van der Waals surface area contributed by atoms with E-state index in [9.17, 15) is 8.78 Å². The maximum absolute atomic E-state index is 13.5. The van der Waals surface area contributed by atoms with Crippen molar-refractivity contribution in [3.8, 4) is 0 Å². The summed E-state index contributed by atoms with van der Waals surface area (Å²) in [6.45, 7) is 0.801. The summed E-state index contributed by atoms with van der Waals surface area (Å²) in [6.07, 6.45) is 2.49. The molecule has 0 saturated heterocycles. The van der Waals surface area contributed by atoms with Crippen LogP contribution >= 0.6 is 24.0 Å². The lowest BCUT2D eigenvalue weighted by Gasteiger charge is -2.12. The van der Waals surface area contributed by atoms with E-state index in [1.54, 1.807) is 13.2 Å². The van der Waals surface area contributed by atoms with Crippen molar-refractivity contribution in [1.82, 2.24) is 15.6 Å². The fourth-order valence-corrected chi connectivity index (χ4v) is 1.93. The summed E-state index contributed by atoms with van der Waals surface area (Å²) in [5.74, 6) is -0.381. The van der Waals surface area contributed by atoms with Gasteiger partial charge in [0.05, 0.1) is 0 Å². The van der Waals surface area contributed by atoms with Gasteiger partial charge in [-0.2, -0.15) is 0 Å². The minimum absolute atomic E-state index is 0. The zero-order valence-electron chi connectivity index (χ0n) is 12.7. The summed E-state index contributed by atoms with van der Waals surface area (Å²) in [4.78, 5) is 8.27. The van der Waals surface area contributed by atoms with Crippen LogP contribution in [0.1, 0.15) is 11.3 Å². The Kier molecular flexibility index (Phi) is 8.46. The van der Waals surface area contributed by atoms with Crippen molar-refractivity contribution in [3.05, 3.63) is 65.5 Å². The second-order valence-corrected chi connectivity index (χ2v) is 4.66. The highest BCUT2D eigenvalue weighted by Gasteiger charge is 2.05. The predicted molar refractivity (Wildman–Crippen MR) is 97.9 cm³/mol. The monoisotopic (exact) mass is 432 g/mol. The first-order chi connectivity index (χ1) is 10.7. The number of nitrogens with one attached hydrogen (secondary N) is 2. The number of halogens is 3. The number of guanidine groups is 1. The highest BCUT2D eigenvalue weighted by atomic mass is 127. The van der Waals surface area contributed by atoms with Crippen LogP contribution in [0.3, 0.4) is 0 Å². The van der Waals surface area contributed by atoms with Gasteiger partial charge in [0.2, 0.25) is 0 Å². The van der Waals surface area contributed by atoms with Crippen molar-refractivity contribution in [2.24, 2.45) is 4.99 Å². The van der Waals surface area contributed by atoms with E-state index >= 15 is 0 Å². The van der Waals surface area contributed by atoms with E-state index in [2.05, 4.69) is 20.6 Å². The van der Waals surface area contributed by atoms with Crippen molar-refractivity contribution in [1.29, 1.82) is 0 Å². The summed E-state index contributed by atoms with van der Waals surface area (Å²) in [5, 5.41) is 6.06. The Bertz CT molecular complexity index is 635. The lowest BCUT2D eigenvalue weighted by molar-refractivity contribution is 0.581. The molecule has 1 aromatic carbocycles. The van der Waals surface area contributed by atoms with Crippen LogP contribution in [0.25, 0.3) is 0 Å². The van der Waals surface area contributed by atoms with Crippen LogP contribution in [0, 0.1) is 11.6 Å². The number of hydrogen-bond donors (Lipinski definition) is 2. The Morgan fingerprint density at radius 2 is 2.00 bits per heavy atom. The molecule has 2 rings (SSSR count). The molecule has 7 heteroatoms.